The minimum absolute atomic E-state index is 0.00242. The van der Waals surface area contributed by atoms with Crippen LogP contribution in [0.4, 0.5) is 5.69 Å². The zero-order chi connectivity index (χ0) is 31.1. The highest BCUT2D eigenvalue weighted by Crippen LogP contribution is 2.39. The molecule has 2 aromatic carbocycles. The van der Waals surface area contributed by atoms with Crippen LogP contribution in [0.25, 0.3) is 11.0 Å². The fraction of sp³-hybridized carbons (Fsp3) is 0.300. The highest BCUT2D eigenvalue weighted by molar-refractivity contribution is 6.35. The molecule has 0 radical (unpaired) electrons. The van der Waals surface area contributed by atoms with Crippen molar-refractivity contribution in [3.63, 3.8) is 0 Å². The maximum atomic E-state index is 12.9. The van der Waals surface area contributed by atoms with E-state index in [1.165, 1.54) is 37.4 Å². The average molecular weight is 613 g/mol. The number of aromatic hydroxyl groups is 1. The van der Waals surface area contributed by atoms with Gasteiger partial charge in [-0.15, -0.1) is 0 Å². The Morgan fingerprint density at radius 3 is 2.49 bits per heavy atom. The molecule has 0 spiro atoms. The van der Waals surface area contributed by atoms with Crippen molar-refractivity contribution >= 4 is 40.1 Å². The number of benzene rings is 2. The van der Waals surface area contributed by atoms with E-state index in [1.807, 2.05) is 0 Å². The molecule has 0 unspecified atom stereocenters. The summed E-state index contributed by atoms with van der Waals surface area (Å²) in [6, 6.07) is 13.9. The number of methoxy groups -OCH3 is 1. The standard InChI is InChI=1S/C30H29ClN2O10/c1-14-10-11-19(32-14)27(37)42-24-22(35)25(39-4)30(2,3)43-29(24)40-16-12-17-21(34)20(28(38)41-23(17)18(31)13-16)33-26(36)15-8-6-5-7-9-15/h5-13,22,24-25,29,32,34-35H,1-4H3,(H,33,36)/t22-,24-,25+,29-/m1/s1. The summed E-state index contributed by atoms with van der Waals surface area (Å²) >= 11 is 6.40. The summed E-state index contributed by atoms with van der Waals surface area (Å²) in [6.45, 7) is 5.11. The van der Waals surface area contributed by atoms with Gasteiger partial charge in [0.15, 0.2) is 23.1 Å². The highest BCUT2D eigenvalue weighted by Gasteiger charge is 2.53. The first-order valence-corrected chi connectivity index (χ1v) is 13.5. The van der Waals surface area contributed by atoms with E-state index in [4.69, 9.17) is 35.0 Å². The Balaban J connectivity index is 1.49. The summed E-state index contributed by atoms with van der Waals surface area (Å²) in [5.74, 6) is -2.03. The molecule has 1 saturated heterocycles. The van der Waals surface area contributed by atoms with Gasteiger partial charge in [0.05, 0.1) is 16.0 Å². The zero-order valence-electron chi connectivity index (χ0n) is 23.5. The van der Waals surface area contributed by atoms with Gasteiger partial charge in [-0.1, -0.05) is 29.8 Å². The van der Waals surface area contributed by atoms with Gasteiger partial charge in [0, 0.05) is 24.4 Å². The number of H-pyrrole nitrogens is 1. The van der Waals surface area contributed by atoms with Crippen LogP contribution in [0, 0.1) is 6.92 Å². The normalized spacial score (nSPS) is 21.3. The zero-order valence-corrected chi connectivity index (χ0v) is 24.3. The van der Waals surface area contributed by atoms with E-state index < -0.39 is 59.1 Å². The van der Waals surface area contributed by atoms with Gasteiger partial charge in [0.1, 0.15) is 23.7 Å². The van der Waals surface area contributed by atoms with Crippen LogP contribution in [0.5, 0.6) is 11.5 Å². The molecule has 226 valence electrons. The minimum atomic E-state index is -1.37. The SMILES string of the molecule is CO[C@H]1[C@H](O)[C@@H](OC(=O)c2ccc(C)[nH]2)[C@H](Oc2cc(Cl)c3oc(=O)c(NC(=O)c4ccccc4)c(O)c3c2)OC1(C)C. The van der Waals surface area contributed by atoms with Crippen LogP contribution in [0.2, 0.25) is 5.02 Å². The minimum Gasteiger partial charge on any atom is -0.505 e. The van der Waals surface area contributed by atoms with Crippen LogP contribution in [-0.4, -0.2) is 64.4 Å². The number of amides is 1. The van der Waals surface area contributed by atoms with Crippen molar-refractivity contribution in [3.05, 3.63) is 87.0 Å². The van der Waals surface area contributed by atoms with Gasteiger partial charge in [0.25, 0.3) is 5.91 Å². The summed E-state index contributed by atoms with van der Waals surface area (Å²) in [7, 11) is 1.39. The largest absolute Gasteiger partial charge is 0.505 e. The number of halogens is 1. The number of aryl methyl sites for hydroxylation is 1. The van der Waals surface area contributed by atoms with E-state index in [0.29, 0.717) is 0 Å². The molecule has 12 nitrogen and oxygen atoms in total. The lowest BCUT2D eigenvalue weighted by Crippen LogP contribution is -2.64. The third kappa shape index (κ3) is 5.95. The predicted octanol–water partition coefficient (Wildman–Crippen LogP) is 4.16. The molecule has 1 fully saturated rings. The van der Waals surface area contributed by atoms with Crippen LogP contribution < -0.4 is 15.7 Å². The first kappa shape index (κ1) is 30.1. The lowest BCUT2D eigenvalue weighted by Gasteiger charge is -2.47. The van der Waals surface area contributed by atoms with Gasteiger partial charge in [-0.3, -0.25) is 4.79 Å². The van der Waals surface area contributed by atoms with Crippen LogP contribution in [0.3, 0.4) is 0 Å². The topological polar surface area (TPSA) is 170 Å². The van der Waals surface area contributed by atoms with Gasteiger partial charge in [0.2, 0.25) is 6.29 Å². The van der Waals surface area contributed by atoms with Gasteiger partial charge >= 0.3 is 11.6 Å². The second kappa shape index (κ2) is 11.7. The molecular weight excluding hydrogens is 584 g/mol. The van der Waals surface area contributed by atoms with Crippen molar-refractivity contribution in [3.8, 4) is 11.5 Å². The van der Waals surface area contributed by atoms with E-state index in [1.54, 1.807) is 45.0 Å². The summed E-state index contributed by atoms with van der Waals surface area (Å²) in [5.41, 5.74) is -1.66. The van der Waals surface area contributed by atoms with Crippen molar-refractivity contribution < 1.29 is 43.2 Å². The van der Waals surface area contributed by atoms with Gasteiger partial charge < -0.3 is 43.9 Å². The molecule has 2 aromatic heterocycles. The van der Waals surface area contributed by atoms with Crippen molar-refractivity contribution in [2.75, 3.05) is 12.4 Å². The number of aromatic nitrogens is 1. The Kier molecular flexibility index (Phi) is 8.21. The fourth-order valence-corrected chi connectivity index (χ4v) is 5.19. The second-order valence-electron chi connectivity index (χ2n) is 10.5. The van der Waals surface area contributed by atoms with Crippen molar-refractivity contribution in [1.82, 2.24) is 4.98 Å². The lowest BCUT2D eigenvalue weighted by atomic mass is 9.89. The van der Waals surface area contributed by atoms with Crippen molar-refractivity contribution in [1.29, 1.82) is 0 Å². The smallest absolute Gasteiger partial charge is 0.364 e. The molecule has 0 aliphatic carbocycles. The van der Waals surface area contributed by atoms with E-state index in [-0.39, 0.29) is 33.0 Å². The van der Waals surface area contributed by atoms with Crippen LogP contribution in [0.1, 0.15) is 40.4 Å². The van der Waals surface area contributed by atoms with Gasteiger partial charge in [-0.2, -0.15) is 0 Å². The van der Waals surface area contributed by atoms with E-state index in [2.05, 4.69) is 10.3 Å². The molecule has 43 heavy (non-hydrogen) atoms. The number of carbonyl (C=O) groups excluding carboxylic acids is 2. The third-order valence-electron chi connectivity index (χ3n) is 7.00. The number of aliphatic hydroxyl groups is 1. The Morgan fingerprint density at radius 1 is 1.12 bits per heavy atom. The van der Waals surface area contributed by atoms with Crippen molar-refractivity contribution in [2.45, 2.75) is 51.0 Å². The van der Waals surface area contributed by atoms with Crippen LogP contribution >= 0.6 is 11.6 Å². The Morgan fingerprint density at radius 2 is 1.84 bits per heavy atom. The molecule has 1 amide bonds. The molecule has 4 aromatic rings. The monoisotopic (exact) mass is 612 g/mol. The molecule has 1 aliphatic heterocycles. The number of fused-ring (bicyclic) bond motifs is 1. The number of anilines is 1. The van der Waals surface area contributed by atoms with E-state index in [9.17, 15) is 24.6 Å². The number of ether oxygens (including phenoxy) is 4. The maximum Gasteiger partial charge on any atom is 0.364 e. The Labute approximate surface area is 250 Å². The maximum absolute atomic E-state index is 12.9. The molecule has 0 saturated carbocycles. The van der Waals surface area contributed by atoms with E-state index in [0.717, 1.165) is 5.69 Å². The van der Waals surface area contributed by atoms with Gasteiger partial charge in [-0.25, -0.2) is 9.59 Å². The number of aliphatic hydroxyl groups excluding tert-OH is 1. The Bertz CT molecular complexity index is 1730. The number of esters is 1. The first-order valence-electron chi connectivity index (χ1n) is 13.2. The van der Waals surface area contributed by atoms with Crippen LogP contribution in [0.15, 0.2) is 63.8 Å². The second-order valence-corrected chi connectivity index (χ2v) is 10.9. The van der Waals surface area contributed by atoms with Gasteiger partial charge in [-0.05, 0) is 51.1 Å². The molecular formula is C30H29ClN2O10. The lowest BCUT2D eigenvalue weighted by molar-refractivity contribution is -0.305. The van der Waals surface area contributed by atoms with Crippen molar-refractivity contribution in [2.24, 2.45) is 0 Å². The van der Waals surface area contributed by atoms with Crippen LogP contribution in [-0.2, 0) is 14.2 Å². The summed E-state index contributed by atoms with van der Waals surface area (Å²) in [5, 5.41) is 24.4. The first-order chi connectivity index (χ1) is 20.4. The Hall–Kier alpha value is -4.36. The molecule has 4 atom stereocenters. The third-order valence-corrected chi connectivity index (χ3v) is 7.28. The number of nitrogens with one attached hydrogen (secondary N) is 2. The fourth-order valence-electron chi connectivity index (χ4n) is 4.94. The molecule has 4 N–H and O–H groups in total. The summed E-state index contributed by atoms with van der Waals surface area (Å²) in [4.78, 5) is 41.1. The molecule has 13 heteroatoms. The highest BCUT2D eigenvalue weighted by atomic mass is 35.5. The molecule has 3 heterocycles. The number of hydrogen-bond acceptors (Lipinski definition) is 10. The number of rotatable bonds is 7. The van der Waals surface area contributed by atoms with E-state index >= 15 is 0 Å². The predicted molar refractivity (Wildman–Crippen MR) is 155 cm³/mol. The quantitative estimate of drug-likeness (QED) is 0.176. The average Bonchev–Trinajstić information content (AvgIpc) is 3.40. The molecule has 1 aliphatic rings. The number of hydrogen-bond donors (Lipinski definition) is 4. The number of carbonyl (C=O) groups is 2. The summed E-state index contributed by atoms with van der Waals surface area (Å²) < 4.78 is 28.6. The number of aromatic amines is 1. The summed E-state index contributed by atoms with van der Waals surface area (Å²) in [6.07, 6.45) is -5.02. The molecule has 5 rings (SSSR count). The molecule has 0 bridgehead atoms.